The Hall–Kier alpha value is -1.15. The third-order valence-electron chi connectivity index (χ3n) is 5.46. The molecular formula is C19H30ClN3O3S. The highest BCUT2D eigenvalue weighted by molar-refractivity contribution is 7.89. The predicted octanol–water partition coefficient (Wildman–Crippen LogP) is 2.46. The van der Waals surface area contributed by atoms with Crippen LogP contribution in [0.2, 0.25) is 0 Å². The molecule has 3 rings (SSSR count). The normalized spacial score (nSPS) is 24.1. The van der Waals surface area contributed by atoms with E-state index in [4.69, 9.17) is 0 Å². The maximum Gasteiger partial charge on any atom is 0.251 e. The van der Waals surface area contributed by atoms with Crippen LogP contribution >= 0.6 is 12.4 Å². The molecule has 2 heterocycles. The summed E-state index contributed by atoms with van der Waals surface area (Å²) in [4.78, 5) is 12.9. The van der Waals surface area contributed by atoms with Gasteiger partial charge in [-0.1, -0.05) is 12.5 Å². The van der Waals surface area contributed by atoms with Crippen molar-refractivity contribution in [2.45, 2.75) is 62.9 Å². The van der Waals surface area contributed by atoms with Gasteiger partial charge in [-0.25, -0.2) is 8.42 Å². The first kappa shape index (κ1) is 22.1. The fourth-order valence-corrected chi connectivity index (χ4v) is 5.52. The number of halogens is 1. The van der Waals surface area contributed by atoms with Crippen molar-refractivity contribution in [3.8, 4) is 0 Å². The molecule has 0 spiro atoms. The summed E-state index contributed by atoms with van der Waals surface area (Å²) in [6.07, 6.45) is 4.82. The number of rotatable bonds is 4. The molecule has 2 aliphatic heterocycles. The van der Waals surface area contributed by atoms with Crippen LogP contribution in [-0.4, -0.2) is 50.3 Å². The van der Waals surface area contributed by atoms with E-state index in [1.165, 1.54) is 6.07 Å². The van der Waals surface area contributed by atoms with Crippen molar-refractivity contribution in [2.75, 3.05) is 19.6 Å². The topological polar surface area (TPSA) is 78.5 Å². The van der Waals surface area contributed by atoms with Crippen LogP contribution in [0.5, 0.6) is 0 Å². The first-order chi connectivity index (χ1) is 12.4. The van der Waals surface area contributed by atoms with Crippen molar-refractivity contribution in [3.63, 3.8) is 0 Å². The van der Waals surface area contributed by atoms with E-state index >= 15 is 0 Å². The van der Waals surface area contributed by atoms with Crippen molar-refractivity contribution in [2.24, 2.45) is 0 Å². The highest BCUT2D eigenvalue weighted by Gasteiger charge is 2.29. The monoisotopic (exact) mass is 415 g/mol. The first-order valence-corrected chi connectivity index (χ1v) is 11.0. The van der Waals surface area contributed by atoms with Gasteiger partial charge in [-0.05, 0) is 63.8 Å². The number of aryl methyl sites for hydroxylation is 1. The van der Waals surface area contributed by atoms with Crippen molar-refractivity contribution in [1.29, 1.82) is 0 Å². The number of nitrogens with one attached hydrogen (secondary N) is 2. The van der Waals surface area contributed by atoms with Crippen LogP contribution in [0.4, 0.5) is 0 Å². The molecule has 1 amide bonds. The molecule has 6 nitrogen and oxygen atoms in total. The van der Waals surface area contributed by atoms with Gasteiger partial charge in [-0.3, -0.25) is 4.79 Å². The number of carbonyl (C=O) groups excluding carboxylic acids is 1. The molecule has 27 heavy (non-hydrogen) atoms. The summed E-state index contributed by atoms with van der Waals surface area (Å²) in [5.74, 6) is -0.208. The minimum absolute atomic E-state index is 0. The maximum atomic E-state index is 13.0. The quantitative estimate of drug-likeness (QED) is 0.791. The predicted molar refractivity (Wildman–Crippen MR) is 109 cm³/mol. The lowest BCUT2D eigenvalue weighted by atomic mass is 9.99. The molecular weight excluding hydrogens is 386 g/mol. The fourth-order valence-electron chi connectivity index (χ4n) is 3.76. The second-order valence-electron chi connectivity index (χ2n) is 7.41. The Bertz CT molecular complexity index is 763. The van der Waals surface area contributed by atoms with E-state index in [0.717, 1.165) is 38.6 Å². The van der Waals surface area contributed by atoms with Crippen LogP contribution < -0.4 is 10.6 Å². The Morgan fingerprint density at radius 2 is 1.89 bits per heavy atom. The summed E-state index contributed by atoms with van der Waals surface area (Å²) in [6.45, 7) is 5.93. The molecule has 0 aromatic heterocycles. The highest BCUT2D eigenvalue weighted by Crippen LogP contribution is 2.24. The van der Waals surface area contributed by atoms with Gasteiger partial charge in [-0.15, -0.1) is 12.4 Å². The summed E-state index contributed by atoms with van der Waals surface area (Å²) in [7, 11) is -3.55. The van der Waals surface area contributed by atoms with E-state index in [-0.39, 0.29) is 35.3 Å². The smallest absolute Gasteiger partial charge is 0.251 e. The molecule has 2 saturated heterocycles. The van der Waals surface area contributed by atoms with E-state index in [1.807, 2.05) is 0 Å². The molecule has 2 atom stereocenters. The van der Waals surface area contributed by atoms with E-state index in [1.54, 1.807) is 23.4 Å². The van der Waals surface area contributed by atoms with Gasteiger partial charge < -0.3 is 10.6 Å². The molecule has 2 unspecified atom stereocenters. The number of hydrogen-bond acceptors (Lipinski definition) is 4. The molecule has 0 radical (unpaired) electrons. The molecule has 2 fully saturated rings. The van der Waals surface area contributed by atoms with Gasteiger partial charge in [0, 0.05) is 30.7 Å². The molecule has 152 valence electrons. The Balaban J connectivity index is 0.00000261. The second kappa shape index (κ2) is 9.37. The lowest BCUT2D eigenvalue weighted by molar-refractivity contribution is 0.0919. The number of sulfonamides is 1. The summed E-state index contributed by atoms with van der Waals surface area (Å²) in [6, 6.07) is 5.26. The Morgan fingerprint density at radius 1 is 1.19 bits per heavy atom. The van der Waals surface area contributed by atoms with E-state index in [0.29, 0.717) is 24.2 Å². The first-order valence-electron chi connectivity index (χ1n) is 9.54. The zero-order valence-corrected chi connectivity index (χ0v) is 17.7. The molecule has 8 heteroatoms. The summed E-state index contributed by atoms with van der Waals surface area (Å²) in [5, 5.41) is 6.41. The van der Waals surface area contributed by atoms with Gasteiger partial charge in [0.15, 0.2) is 0 Å². The Labute approximate surface area is 168 Å². The molecule has 1 aromatic rings. The minimum atomic E-state index is -3.55. The largest absolute Gasteiger partial charge is 0.348 e. The Kier molecular flexibility index (Phi) is 7.68. The van der Waals surface area contributed by atoms with Crippen LogP contribution in [0.15, 0.2) is 23.1 Å². The van der Waals surface area contributed by atoms with Crippen LogP contribution in [0.25, 0.3) is 0 Å². The van der Waals surface area contributed by atoms with Gasteiger partial charge in [0.05, 0.1) is 4.90 Å². The number of amides is 1. The number of hydrogen-bond donors (Lipinski definition) is 2. The van der Waals surface area contributed by atoms with E-state index < -0.39 is 10.0 Å². The van der Waals surface area contributed by atoms with Crippen LogP contribution in [0.3, 0.4) is 0 Å². The number of piperidine rings is 2. The lowest BCUT2D eigenvalue weighted by Crippen LogP contribution is -2.51. The van der Waals surface area contributed by atoms with E-state index in [2.05, 4.69) is 17.6 Å². The SMILES string of the molecule is Cc1ccc(C(=O)NC2CCCNC2C)cc1S(=O)(=O)N1CCCCC1.Cl. The third kappa shape index (κ3) is 5.02. The van der Waals surface area contributed by atoms with Crippen molar-refractivity contribution in [3.05, 3.63) is 29.3 Å². The highest BCUT2D eigenvalue weighted by atomic mass is 35.5. The summed E-state index contributed by atoms with van der Waals surface area (Å²) >= 11 is 0. The molecule has 0 aliphatic carbocycles. The molecule has 2 N–H and O–H groups in total. The summed E-state index contributed by atoms with van der Waals surface area (Å²) < 4.78 is 27.6. The van der Waals surface area contributed by atoms with Crippen LogP contribution in [0, 0.1) is 6.92 Å². The lowest BCUT2D eigenvalue weighted by Gasteiger charge is -2.30. The van der Waals surface area contributed by atoms with Crippen molar-refractivity contribution in [1.82, 2.24) is 14.9 Å². The number of nitrogens with zero attached hydrogens (tertiary/aromatic N) is 1. The molecule has 0 saturated carbocycles. The molecule has 0 bridgehead atoms. The van der Waals surface area contributed by atoms with Gasteiger partial charge >= 0.3 is 0 Å². The average Bonchev–Trinajstić information content (AvgIpc) is 2.64. The zero-order valence-electron chi connectivity index (χ0n) is 16.0. The minimum Gasteiger partial charge on any atom is -0.348 e. The third-order valence-corrected chi connectivity index (χ3v) is 7.50. The average molecular weight is 416 g/mol. The van der Waals surface area contributed by atoms with Crippen LogP contribution in [-0.2, 0) is 10.0 Å². The molecule has 2 aliphatic rings. The fraction of sp³-hybridized carbons (Fsp3) is 0.632. The molecule has 1 aromatic carbocycles. The van der Waals surface area contributed by atoms with Gasteiger partial charge in [0.1, 0.15) is 0 Å². The van der Waals surface area contributed by atoms with E-state index in [9.17, 15) is 13.2 Å². The maximum absolute atomic E-state index is 13.0. The Morgan fingerprint density at radius 3 is 2.56 bits per heavy atom. The zero-order chi connectivity index (χ0) is 18.7. The van der Waals surface area contributed by atoms with Gasteiger partial charge in [0.2, 0.25) is 10.0 Å². The second-order valence-corrected chi connectivity index (χ2v) is 9.32. The number of carbonyl (C=O) groups is 1. The standard InChI is InChI=1S/C19H29N3O3S.ClH/c1-14-8-9-16(19(23)21-17-7-6-10-20-15(17)2)13-18(14)26(24,25)22-11-4-3-5-12-22;/h8-9,13,15,17,20H,3-7,10-12H2,1-2H3,(H,21,23);1H. The van der Waals surface area contributed by atoms with Gasteiger partial charge in [-0.2, -0.15) is 4.31 Å². The summed E-state index contributed by atoms with van der Waals surface area (Å²) in [5.41, 5.74) is 1.09. The van der Waals surface area contributed by atoms with Gasteiger partial charge in [0.25, 0.3) is 5.91 Å². The van der Waals surface area contributed by atoms with Crippen LogP contribution in [0.1, 0.15) is 54.9 Å². The number of benzene rings is 1. The van der Waals surface area contributed by atoms with Crippen molar-refractivity contribution >= 4 is 28.3 Å². The van der Waals surface area contributed by atoms with Crippen molar-refractivity contribution < 1.29 is 13.2 Å².